The number of carbonyl (C=O) groups is 3. The van der Waals surface area contributed by atoms with Gasteiger partial charge in [-0.25, -0.2) is 0 Å². The molecule has 2 N–H and O–H groups in total. The first kappa shape index (κ1) is 37.5. The van der Waals surface area contributed by atoms with Crippen molar-refractivity contribution in [2.45, 2.75) is 81.6 Å². The van der Waals surface area contributed by atoms with Crippen molar-refractivity contribution >= 4 is 17.7 Å². The molecule has 0 radical (unpaired) electrons. The number of amides is 3. The summed E-state index contributed by atoms with van der Waals surface area (Å²) in [6.45, 7) is 6.42. The van der Waals surface area contributed by atoms with Crippen LogP contribution in [0.25, 0.3) is 0 Å². The van der Waals surface area contributed by atoms with Crippen molar-refractivity contribution in [3.05, 3.63) is 137 Å². The number of hydrogen-bond donors (Lipinski definition) is 2. The normalized spacial score (nSPS) is 23.1. The van der Waals surface area contributed by atoms with Crippen LogP contribution in [0.5, 0.6) is 17.2 Å². The maximum Gasteiger partial charge on any atom is 0.251 e. The summed E-state index contributed by atoms with van der Waals surface area (Å²) in [4.78, 5) is 40.6. The van der Waals surface area contributed by atoms with E-state index in [4.69, 9.17) is 9.47 Å². The summed E-state index contributed by atoms with van der Waals surface area (Å²) < 4.78 is 12.4. The first-order chi connectivity index (χ1) is 27.2. The van der Waals surface area contributed by atoms with Crippen molar-refractivity contribution in [1.29, 1.82) is 0 Å². The molecule has 9 heteroatoms. The van der Waals surface area contributed by atoms with E-state index in [1.807, 2.05) is 24.3 Å². The van der Waals surface area contributed by atoms with Crippen molar-refractivity contribution in [2.24, 2.45) is 0 Å². The highest BCUT2D eigenvalue weighted by atomic mass is 16.5. The van der Waals surface area contributed by atoms with Gasteiger partial charge in [0.15, 0.2) is 0 Å². The molecule has 3 amide bonds. The van der Waals surface area contributed by atoms with Gasteiger partial charge in [0.1, 0.15) is 29.0 Å². The van der Waals surface area contributed by atoms with E-state index in [9.17, 15) is 19.5 Å². The van der Waals surface area contributed by atoms with Gasteiger partial charge >= 0.3 is 0 Å². The zero-order chi connectivity index (χ0) is 38.6. The molecule has 290 valence electrons. The predicted octanol–water partition coefficient (Wildman–Crippen LogP) is 7.38. The van der Waals surface area contributed by atoms with E-state index < -0.39 is 11.9 Å². The van der Waals surface area contributed by atoms with Crippen molar-refractivity contribution in [3.8, 4) is 17.2 Å². The lowest BCUT2D eigenvalue weighted by atomic mass is 9.60. The number of nitrogens with zero attached hydrogens (tertiary/aromatic N) is 2. The van der Waals surface area contributed by atoms with Crippen LogP contribution in [0.2, 0.25) is 0 Å². The number of rotatable bonds is 12. The Bertz CT molecular complexity index is 2090. The lowest BCUT2D eigenvalue weighted by Crippen LogP contribution is -2.53. The number of likely N-dealkylation sites (tertiary alicyclic amines) is 1. The van der Waals surface area contributed by atoms with Crippen molar-refractivity contribution in [1.82, 2.24) is 15.1 Å². The van der Waals surface area contributed by atoms with Gasteiger partial charge in [0.25, 0.3) is 5.91 Å². The Kier molecular flexibility index (Phi) is 11.0. The summed E-state index contributed by atoms with van der Waals surface area (Å²) >= 11 is 0. The van der Waals surface area contributed by atoms with E-state index in [-0.39, 0.29) is 36.1 Å². The summed E-state index contributed by atoms with van der Waals surface area (Å²) in [5.41, 5.74) is 6.29. The third-order valence-electron chi connectivity index (χ3n) is 12.4. The van der Waals surface area contributed by atoms with Crippen molar-refractivity contribution < 1.29 is 29.0 Å². The molecule has 8 rings (SSSR count). The van der Waals surface area contributed by atoms with Crippen LogP contribution in [0.1, 0.15) is 91.5 Å². The number of imide groups is 1. The Morgan fingerprint density at radius 2 is 1.62 bits per heavy atom. The topological polar surface area (TPSA) is 108 Å². The van der Waals surface area contributed by atoms with Crippen LogP contribution < -0.4 is 14.8 Å². The third-order valence-corrected chi connectivity index (χ3v) is 12.4. The molecule has 1 unspecified atom stereocenters. The highest BCUT2D eigenvalue weighted by Gasteiger charge is 2.42. The lowest BCUT2D eigenvalue weighted by Gasteiger charge is -2.44. The van der Waals surface area contributed by atoms with Crippen LogP contribution in [0, 0.1) is 0 Å². The number of ether oxygens (including phenoxy) is 2. The highest BCUT2D eigenvalue weighted by Crippen LogP contribution is 2.51. The van der Waals surface area contributed by atoms with Crippen molar-refractivity contribution in [3.63, 3.8) is 0 Å². The average molecular weight is 754 g/mol. The molecule has 0 spiro atoms. The number of phenols is 1. The first-order valence-electron chi connectivity index (χ1n) is 20.2. The van der Waals surface area contributed by atoms with Gasteiger partial charge in [-0.2, -0.15) is 0 Å². The maximum atomic E-state index is 12.7. The van der Waals surface area contributed by atoms with E-state index in [0.29, 0.717) is 36.2 Å². The molecule has 0 aromatic heterocycles. The van der Waals surface area contributed by atoms with E-state index in [0.717, 1.165) is 63.9 Å². The number of piperidine rings is 2. The molecule has 56 heavy (non-hydrogen) atoms. The summed E-state index contributed by atoms with van der Waals surface area (Å²) in [5.74, 6) is 2.04. The fraction of sp³-hybridized carbons (Fsp3) is 0.383. The second kappa shape index (κ2) is 16.4. The molecule has 9 nitrogen and oxygen atoms in total. The van der Waals surface area contributed by atoms with Crippen molar-refractivity contribution in [2.75, 3.05) is 32.8 Å². The summed E-state index contributed by atoms with van der Waals surface area (Å²) in [6, 6.07) is 32.8. The molecule has 2 saturated heterocycles. The highest BCUT2D eigenvalue weighted by molar-refractivity contribution is 6.03. The summed E-state index contributed by atoms with van der Waals surface area (Å²) in [7, 11) is 0. The standard InChI is InChI=1S/C47H51N3O6/c1-47(36-9-3-2-4-10-36)23-20-35-28-37(51)14-17-41(35)45(47)33-12-15-38(16-13-33)55-27-6-5-24-49-25-21-32(22-26-49)34-8-7-11-39(29-34)56-40-30-44(53)50(31-40)42-18-19-43(52)48-46(42)54/h2-4,7-17,28-30,32,42,45,51H,5-6,18-27,31H2,1H3,(H,48,52,54)/t42?,45-,47+/m0/s1. The predicted molar refractivity (Wildman–Crippen MR) is 215 cm³/mol. The molecular formula is C47H51N3O6. The smallest absolute Gasteiger partial charge is 0.251 e. The van der Waals surface area contributed by atoms with Crippen LogP contribution in [0.4, 0.5) is 0 Å². The minimum atomic E-state index is -0.652. The fourth-order valence-electron chi connectivity index (χ4n) is 9.32. The Hall–Kier alpha value is -5.41. The average Bonchev–Trinajstić information content (AvgIpc) is 3.57. The molecular weight excluding hydrogens is 703 g/mol. The lowest BCUT2D eigenvalue weighted by molar-refractivity contribution is -0.142. The Morgan fingerprint density at radius 3 is 2.41 bits per heavy atom. The summed E-state index contributed by atoms with van der Waals surface area (Å²) in [6.07, 6.45) is 8.17. The van der Waals surface area contributed by atoms with Crippen LogP contribution in [-0.4, -0.2) is 71.5 Å². The molecule has 3 heterocycles. The van der Waals surface area contributed by atoms with E-state index >= 15 is 0 Å². The number of unbranched alkanes of at least 4 members (excludes halogenated alkanes) is 1. The zero-order valence-electron chi connectivity index (χ0n) is 32.1. The molecule has 4 aliphatic rings. The number of carbonyl (C=O) groups excluding carboxylic acids is 3. The molecule has 3 aliphatic heterocycles. The number of nitrogens with one attached hydrogen (secondary N) is 1. The Morgan fingerprint density at radius 1 is 0.821 bits per heavy atom. The van der Waals surface area contributed by atoms with Gasteiger partial charge < -0.3 is 24.4 Å². The third kappa shape index (κ3) is 8.10. The minimum Gasteiger partial charge on any atom is -0.508 e. The second-order valence-corrected chi connectivity index (χ2v) is 16.1. The quantitative estimate of drug-likeness (QED) is 0.115. The van der Waals surface area contributed by atoms with Gasteiger partial charge in [-0.3, -0.25) is 19.7 Å². The summed E-state index contributed by atoms with van der Waals surface area (Å²) in [5, 5.41) is 12.6. The largest absolute Gasteiger partial charge is 0.508 e. The molecule has 4 aromatic rings. The number of phenolic OH excluding ortho intramolecular Hbond substituents is 1. The zero-order valence-corrected chi connectivity index (χ0v) is 32.1. The second-order valence-electron chi connectivity index (χ2n) is 16.1. The van der Waals surface area contributed by atoms with Gasteiger partial charge in [-0.1, -0.05) is 67.6 Å². The monoisotopic (exact) mass is 753 g/mol. The SMILES string of the molecule is C[C@]1(c2ccccc2)CCc2cc(O)ccc2[C@@H]1c1ccc(OCCCCN2CCC(c3cccc(OC4=CC(=O)N(C5CCC(=O)NC5=O)C4)c3)CC2)cc1. The number of aromatic hydroxyl groups is 1. The van der Waals surface area contributed by atoms with E-state index in [2.05, 4.69) is 89.9 Å². The van der Waals surface area contributed by atoms with E-state index in [1.54, 1.807) is 0 Å². The minimum absolute atomic E-state index is 0.0678. The molecule has 3 atom stereocenters. The maximum absolute atomic E-state index is 12.7. The Balaban J connectivity index is 0.786. The van der Waals surface area contributed by atoms with Crippen LogP contribution in [-0.2, 0) is 26.2 Å². The van der Waals surface area contributed by atoms with Crippen LogP contribution >= 0.6 is 0 Å². The number of aryl methyl sites for hydroxylation is 1. The van der Waals surface area contributed by atoms with Crippen LogP contribution in [0.3, 0.4) is 0 Å². The van der Waals surface area contributed by atoms with Gasteiger partial charge in [-0.05, 0) is 135 Å². The molecule has 0 bridgehead atoms. The van der Waals surface area contributed by atoms with Crippen LogP contribution in [0.15, 0.2) is 109 Å². The first-order valence-corrected chi connectivity index (χ1v) is 20.2. The number of fused-ring (bicyclic) bond motifs is 1. The number of hydrogen-bond acceptors (Lipinski definition) is 7. The number of benzene rings is 4. The van der Waals surface area contributed by atoms with Gasteiger partial charge in [0.05, 0.1) is 13.2 Å². The fourth-order valence-corrected chi connectivity index (χ4v) is 9.32. The molecule has 0 saturated carbocycles. The van der Waals surface area contributed by atoms with E-state index in [1.165, 1.54) is 38.8 Å². The Labute approximate surface area is 329 Å². The molecule has 1 aliphatic carbocycles. The van der Waals surface area contributed by atoms with Gasteiger partial charge in [0, 0.05) is 23.8 Å². The molecule has 2 fully saturated rings. The van der Waals surface area contributed by atoms with Gasteiger partial charge in [0.2, 0.25) is 11.8 Å². The molecule has 4 aromatic carbocycles. The van der Waals surface area contributed by atoms with Gasteiger partial charge in [-0.15, -0.1) is 0 Å².